The average Bonchev–Trinajstić information content (AvgIpc) is 2.49. The predicted octanol–water partition coefficient (Wildman–Crippen LogP) is 3.94. The van der Waals surface area contributed by atoms with E-state index < -0.39 is 0 Å². The summed E-state index contributed by atoms with van der Waals surface area (Å²) >= 11 is 0. The molecule has 1 rings (SSSR count). The molecule has 0 aliphatic heterocycles. The van der Waals surface area contributed by atoms with E-state index in [1.807, 2.05) is 11.0 Å². The molecule has 1 N–H and O–H groups in total. The molecule has 0 bridgehead atoms. The molecule has 1 aromatic heterocycles. The van der Waals surface area contributed by atoms with Crippen molar-refractivity contribution >= 4 is 11.7 Å². The fraction of sp³-hybridized carbons (Fsp3) is 0.647. The number of carbonyl (C=O) groups is 1. The van der Waals surface area contributed by atoms with Gasteiger partial charge in [-0.15, -0.1) is 0 Å². The highest BCUT2D eigenvalue weighted by Crippen LogP contribution is 2.13. The van der Waals surface area contributed by atoms with Gasteiger partial charge in [-0.2, -0.15) is 0 Å². The summed E-state index contributed by atoms with van der Waals surface area (Å²) in [5.41, 5.74) is 0.716. The molecule has 21 heavy (non-hydrogen) atoms. The molecular formula is C17H29N3O. The van der Waals surface area contributed by atoms with Crippen LogP contribution in [0.3, 0.4) is 0 Å². The van der Waals surface area contributed by atoms with Crippen LogP contribution in [0.15, 0.2) is 18.3 Å². The second-order valence-electron chi connectivity index (χ2n) is 5.66. The summed E-state index contributed by atoms with van der Waals surface area (Å²) in [4.78, 5) is 18.9. The van der Waals surface area contributed by atoms with Crippen LogP contribution in [0.1, 0.15) is 63.7 Å². The molecule has 0 aliphatic rings. The van der Waals surface area contributed by atoms with Gasteiger partial charge in [0.2, 0.25) is 0 Å². The zero-order valence-electron chi connectivity index (χ0n) is 13.9. The number of nitrogens with one attached hydrogen (secondary N) is 1. The molecule has 0 aromatic carbocycles. The largest absolute Gasteiger partial charge is 0.370 e. The number of amides is 1. The van der Waals surface area contributed by atoms with E-state index in [1.165, 1.54) is 6.42 Å². The SMILES string of the molecule is CCCCCN(C(=O)c1ccnc(NCCC)c1)C(C)C. The van der Waals surface area contributed by atoms with Crippen LogP contribution >= 0.6 is 0 Å². The molecule has 0 saturated carbocycles. The van der Waals surface area contributed by atoms with Crippen LogP contribution in [0.5, 0.6) is 0 Å². The molecule has 1 aromatic rings. The highest BCUT2D eigenvalue weighted by molar-refractivity contribution is 5.95. The van der Waals surface area contributed by atoms with Gasteiger partial charge in [-0.25, -0.2) is 4.98 Å². The third kappa shape index (κ3) is 5.74. The van der Waals surface area contributed by atoms with Gasteiger partial charge < -0.3 is 10.2 Å². The van der Waals surface area contributed by atoms with Crippen molar-refractivity contribution in [3.05, 3.63) is 23.9 Å². The first-order valence-electron chi connectivity index (χ1n) is 8.11. The minimum atomic E-state index is 0.100. The van der Waals surface area contributed by atoms with E-state index in [2.05, 4.69) is 38.0 Å². The van der Waals surface area contributed by atoms with Gasteiger partial charge in [0, 0.05) is 30.9 Å². The number of unbranched alkanes of at least 4 members (excludes halogenated alkanes) is 2. The Morgan fingerprint density at radius 3 is 2.67 bits per heavy atom. The van der Waals surface area contributed by atoms with Crippen LogP contribution in [0, 0.1) is 0 Å². The zero-order valence-corrected chi connectivity index (χ0v) is 13.9. The summed E-state index contributed by atoms with van der Waals surface area (Å²) in [6, 6.07) is 3.87. The zero-order chi connectivity index (χ0) is 15.7. The summed E-state index contributed by atoms with van der Waals surface area (Å²) in [6.45, 7) is 10.1. The number of rotatable bonds is 9. The predicted molar refractivity (Wildman–Crippen MR) is 88.7 cm³/mol. The second kappa shape index (κ2) is 9.37. The minimum Gasteiger partial charge on any atom is -0.370 e. The smallest absolute Gasteiger partial charge is 0.254 e. The highest BCUT2D eigenvalue weighted by atomic mass is 16.2. The van der Waals surface area contributed by atoms with Crippen LogP contribution in [0.4, 0.5) is 5.82 Å². The van der Waals surface area contributed by atoms with Crippen molar-refractivity contribution in [2.45, 2.75) is 59.4 Å². The van der Waals surface area contributed by atoms with Crippen molar-refractivity contribution in [1.82, 2.24) is 9.88 Å². The Morgan fingerprint density at radius 2 is 2.05 bits per heavy atom. The van der Waals surface area contributed by atoms with Crippen molar-refractivity contribution in [2.24, 2.45) is 0 Å². The molecule has 1 amide bonds. The highest BCUT2D eigenvalue weighted by Gasteiger charge is 2.18. The molecule has 4 heteroatoms. The van der Waals surface area contributed by atoms with Crippen molar-refractivity contribution in [3.63, 3.8) is 0 Å². The van der Waals surface area contributed by atoms with Crippen molar-refractivity contribution in [3.8, 4) is 0 Å². The lowest BCUT2D eigenvalue weighted by Gasteiger charge is -2.27. The van der Waals surface area contributed by atoms with E-state index in [4.69, 9.17) is 0 Å². The first-order chi connectivity index (χ1) is 10.1. The van der Waals surface area contributed by atoms with Gasteiger partial charge >= 0.3 is 0 Å². The van der Waals surface area contributed by atoms with E-state index in [-0.39, 0.29) is 11.9 Å². The second-order valence-corrected chi connectivity index (χ2v) is 5.66. The lowest BCUT2D eigenvalue weighted by molar-refractivity contribution is 0.0702. The summed E-state index contributed by atoms with van der Waals surface area (Å²) in [6.07, 6.45) is 6.13. The van der Waals surface area contributed by atoms with Gasteiger partial charge in [0.15, 0.2) is 0 Å². The Bertz CT molecular complexity index is 432. The molecule has 0 atom stereocenters. The van der Waals surface area contributed by atoms with Crippen LogP contribution in [-0.2, 0) is 0 Å². The van der Waals surface area contributed by atoms with Gasteiger partial charge in [0.25, 0.3) is 5.91 Å². The van der Waals surface area contributed by atoms with Crippen molar-refractivity contribution in [2.75, 3.05) is 18.4 Å². The maximum atomic E-state index is 12.7. The van der Waals surface area contributed by atoms with Crippen LogP contribution in [0.2, 0.25) is 0 Å². The number of anilines is 1. The van der Waals surface area contributed by atoms with E-state index >= 15 is 0 Å². The Labute approximate surface area is 129 Å². The Kier molecular flexibility index (Phi) is 7.80. The third-order valence-electron chi connectivity index (χ3n) is 3.45. The van der Waals surface area contributed by atoms with Crippen molar-refractivity contribution < 1.29 is 4.79 Å². The topological polar surface area (TPSA) is 45.2 Å². The number of pyridine rings is 1. The maximum absolute atomic E-state index is 12.7. The summed E-state index contributed by atoms with van der Waals surface area (Å²) in [7, 11) is 0. The van der Waals surface area contributed by atoms with E-state index in [9.17, 15) is 4.79 Å². The normalized spacial score (nSPS) is 10.7. The average molecular weight is 291 g/mol. The van der Waals surface area contributed by atoms with Crippen LogP contribution in [-0.4, -0.2) is 34.9 Å². The fourth-order valence-electron chi connectivity index (χ4n) is 2.21. The van der Waals surface area contributed by atoms with E-state index in [0.717, 1.165) is 38.2 Å². The first-order valence-corrected chi connectivity index (χ1v) is 8.11. The molecule has 1 heterocycles. The lowest BCUT2D eigenvalue weighted by Crippen LogP contribution is -2.37. The van der Waals surface area contributed by atoms with Crippen molar-refractivity contribution in [1.29, 1.82) is 0 Å². The quantitative estimate of drug-likeness (QED) is 0.701. The molecule has 4 nitrogen and oxygen atoms in total. The molecule has 0 aliphatic carbocycles. The summed E-state index contributed by atoms with van der Waals surface area (Å²) < 4.78 is 0. The number of aromatic nitrogens is 1. The molecule has 0 unspecified atom stereocenters. The summed E-state index contributed by atoms with van der Waals surface area (Å²) in [5.74, 6) is 0.878. The number of carbonyl (C=O) groups excluding carboxylic acids is 1. The van der Waals surface area contributed by atoms with Crippen LogP contribution < -0.4 is 5.32 Å². The monoisotopic (exact) mass is 291 g/mol. The minimum absolute atomic E-state index is 0.100. The van der Waals surface area contributed by atoms with Gasteiger partial charge in [0.05, 0.1) is 0 Å². The van der Waals surface area contributed by atoms with E-state index in [1.54, 1.807) is 12.3 Å². The first kappa shape index (κ1) is 17.5. The standard InChI is InChI=1S/C17H29N3O/c1-5-7-8-12-20(14(3)4)17(21)15-9-11-19-16(13-15)18-10-6-2/h9,11,13-14H,5-8,10,12H2,1-4H3,(H,18,19). The summed E-state index contributed by atoms with van der Waals surface area (Å²) in [5, 5.41) is 3.23. The molecule has 0 saturated heterocycles. The molecule has 0 spiro atoms. The van der Waals surface area contributed by atoms with E-state index in [0.29, 0.717) is 5.56 Å². The molecule has 0 radical (unpaired) electrons. The Hall–Kier alpha value is -1.58. The third-order valence-corrected chi connectivity index (χ3v) is 3.45. The molecule has 118 valence electrons. The number of hydrogen-bond donors (Lipinski definition) is 1. The maximum Gasteiger partial charge on any atom is 0.254 e. The molecular weight excluding hydrogens is 262 g/mol. The number of nitrogens with zero attached hydrogens (tertiary/aromatic N) is 2. The molecule has 0 fully saturated rings. The Balaban J connectivity index is 2.77. The van der Waals surface area contributed by atoms with Gasteiger partial charge in [-0.1, -0.05) is 26.7 Å². The van der Waals surface area contributed by atoms with Gasteiger partial charge in [-0.3, -0.25) is 4.79 Å². The fourth-order valence-corrected chi connectivity index (χ4v) is 2.21. The van der Waals surface area contributed by atoms with Gasteiger partial charge in [-0.05, 0) is 38.8 Å². The van der Waals surface area contributed by atoms with Gasteiger partial charge in [0.1, 0.15) is 5.82 Å². The lowest BCUT2D eigenvalue weighted by atomic mass is 10.1. The Morgan fingerprint density at radius 1 is 1.29 bits per heavy atom. The van der Waals surface area contributed by atoms with Crippen LogP contribution in [0.25, 0.3) is 0 Å². The number of hydrogen-bond acceptors (Lipinski definition) is 3.